The molecule has 2 atom stereocenters. The van der Waals surface area contributed by atoms with E-state index < -0.39 is 0 Å². The molecule has 2 nitrogen and oxygen atoms in total. The summed E-state index contributed by atoms with van der Waals surface area (Å²) in [7, 11) is 0. The van der Waals surface area contributed by atoms with Crippen LogP contribution < -0.4 is 5.32 Å². The molecule has 1 aliphatic heterocycles. The average molecular weight is 261 g/mol. The van der Waals surface area contributed by atoms with E-state index in [0.29, 0.717) is 0 Å². The Morgan fingerprint density at radius 2 is 2.05 bits per heavy atom. The molecule has 1 heterocycles. The lowest BCUT2D eigenvalue weighted by Crippen LogP contribution is -2.45. The first-order valence-corrected chi connectivity index (χ1v) is 7.51. The Morgan fingerprint density at radius 3 is 2.63 bits per heavy atom. The van der Waals surface area contributed by atoms with Gasteiger partial charge in [-0.05, 0) is 63.3 Å². The molecule has 1 aromatic rings. The zero-order valence-corrected chi connectivity index (χ0v) is 12.8. The summed E-state index contributed by atoms with van der Waals surface area (Å²) in [6.45, 7) is 10.6. The molecule has 2 heteroatoms. The quantitative estimate of drug-likeness (QED) is 0.887. The fraction of sp³-hybridized carbons (Fsp3) is 0.647. The summed E-state index contributed by atoms with van der Waals surface area (Å²) >= 11 is 0. The summed E-state index contributed by atoms with van der Waals surface area (Å²) in [5.74, 6) is 0. The van der Waals surface area contributed by atoms with Crippen LogP contribution in [0.1, 0.15) is 55.8 Å². The lowest BCUT2D eigenvalue weighted by Gasteiger charge is -2.41. The van der Waals surface area contributed by atoms with Crippen molar-refractivity contribution in [3.05, 3.63) is 34.9 Å². The predicted octanol–water partition coefficient (Wildman–Crippen LogP) is 3.91. The Bertz CT molecular complexity index is 421. The molecule has 0 aromatic heterocycles. The summed E-state index contributed by atoms with van der Waals surface area (Å²) in [5.41, 5.74) is 4.00. The summed E-state index contributed by atoms with van der Waals surface area (Å²) in [6, 6.07) is 7.07. The molecule has 0 amide bonds. The van der Waals surface area contributed by atoms with Crippen molar-refractivity contribution in [1.29, 1.82) is 0 Å². The summed E-state index contributed by atoms with van der Waals surface area (Å²) < 4.78 is 6.14. The summed E-state index contributed by atoms with van der Waals surface area (Å²) in [5, 5.41) is 3.63. The number of hydrogen-bond donors (Lipinski definition) is 1. The van der Waals surface area contributed by atoms with Gasteiger partial charge in [0.25, 0.3) is 0 Å². The first kappa shape index (κ1) is 14.5. The summed E-state index contributed by atoms with van der Waals surface area (Å²) in [4.78, 5) is 0. The van der Waals surface area contributed by atoms with Gasteiger partial charge in [0.2, 0.25) is 0 Å². The molecule has 0 radical (unpaired) electrons. The first-order chi connectivity index (χ1) is 9.07. The van der Waals surface area contributed by atoms with Crippen molar-refractivity contribution in [3.63, 3.8) is 0 Å². The number of likely N-dealkylation sites (N-methyl/N-ethyl adjacent to an activating group) is 1. The van der Waals surface area contributed by atoms with Gasteiger partial charge in [0.05, 0.1) is 11.6 Å². The van der Waals surface area contributed by atoms with Gasteiger partial charge in [-0.2, -0.15) is 0 Å². The molecular formula is C17H27NO. The molecule has 1 N–H and O–H groups in total. The second-order valence-electron chi connectivity index (χ2n) is 5.95. The van der Waals surface area contributed by atoms with Crippen molar-refractivity contribution in [2.45, 2.75) is 58.6 Å². The highest BCUT2D eigenvalue weighted by molar-refractivity contribution is 5.33. The molecule has 2 rings (SSSR count). The predicted molar refractivity (Wildman–Crippen MR) is 80.5 cm³/mol. The van der Waals surface area contributed by atoms with E-state index in [-0.39, 0.29) is 11.6 Å². The number of benzene rings is 1. The minimum Gasteiger partial charge on any atom is -0.373 e. The Hall–Kier alpha value is -0.860. The van der Waals surface area contributed by atoms with Gasteiger partial charge >= 0.3 is 0 Å². The van der Waals surface area contributed by atoms with Crippen LogP contribution in [0.5, 0.6) is 0 Å². The van der Waals surface area contributed by atoms with Crippen LogP contribution in [-0.4, -0.2) is 18.8 Å². The Labute approximate surface area is 117 Å². The highest BCUT2D eigenvalue weighted by Gasteiger charge is 2.37. The lowest BCUT2D eigenvalue weighted by molar-refractivity contribution is -0.0895. The van der Waals surface area contributed by atoms with Gasteiger partial charge in [0.1, 0.15) is 0 Å². The van der Waals surface area contributed by atoms with E-state index >= 15 is 0 Å². The fourth-order valence-electron chi connectivity index (χ4n) is 3.02. The SMILES string of the molecule is CCNC(c1ccc(C)c(C)c1)C1(C)CCCCO1. The van der Waals surface area contributed by atoms with E-state index in [9.17, 15) is 0 Å². The minimum atomic E-state index is -0.0735. The molecule has 0 aliphatic carbocycles. The zero-order valence-electron chi connectivity index (χ0n) is 12.8. The van der Waals surface area contributed by atoms with Crippen LogP contribution in [0.4, 0.5) is 0 Å². The molecule has 2 unspecified atom stereocenters. The van der Waals surface area contributed by atoms with E-state index in [2.05, 4.69) is 51.2 Å². The van der Waals surface area contributed by atoms with Crippen molar-refractivity contribution in [1.82, 2.24) is 5.32 Å². The van der Waals surface area contributed by atoms with Crippen LogP contribution in [0.25, 0.3) is 0 Å². The molecule has 0 bridgehead atoms. The van der Waals surface area contributed by atoms with Gasteiger partial charge in [0.15, 0.2) is 0 Å². The van der Waals surface area contributed by atoms with E-state index in [1.54, 1.807) is 0 Å². The maximum absolute atomic E-state index is 6.14. The number of ether oxygens (including phenoxy) is 1. The highest BCUT2D eigenvalue weighted by atomic mass is 16.5. The smallest absolute Gasteiger partial charge is 0.0848 e. The molecule has 1 fully saturated rings. The molecule has 0 spiro atoms. The Morgan fingerprint density at radius 1 is 1.26 bits per heavy atom. The molecule has 1 aromatic carbocycles. The number of nitrogens with one attached hydrogen (secondary N) is 1. The van der Waals surface area contributed by atoms with Gasteiger partial charge in [-0.25, -0.2) is 0 Å². The zero-order chi connectivity index (χ0) is 13.9. The molecule has 106 valence electrons. The van der Waals surface area contributed by atoms with Gasteiger partial charge < -0.3 is 10.1 Å². The van der Waals surface area contributed by atoms with Gasteiger partial charge in [-0.3, -0.25) is 0 Å². The molecule has 19 heavy (non-hydrogen) atoms. The molecule has 0 saturated carbocycles. The van der Waals surface area contributed by atoms with E-state index in [1.165, 1.54) is 29.5 Å². The van der Waals surface area contributed by atoms with Crippen LogP contribution in [0.2, 0.25) is 0 Å². The van der Waals surface area contributed by atoms with E-state index in [4.69, 9.17) is 4.74 Å². The van der Waals surface area contributed by atoms with Crippen LogP contribution in [0.15, 0.2) is 18.2 Å². The Balaban J connectivity index is 2.30. The first-order valence-electron chi connectivity index (χ1n) is 7.51. The van der Waals surface area contributed by atoms with Crippen molar-refractivity contribution in [3.8, 4) is 0 Å². The third-order valence-corrected chi connectivity index (χ3v) is 4.38. The van der Waals surface area contributed by atoms with Crippen molar-refractivity contribution in [2.75, 3.05) is 13.2 Å². The normalized spacial score (nSPS) is 25.3. The second-order valence-corrected chi connectivity index (χ2v) is 5.95. The summed E-state index contributed by atoms with van der Waals surface area (Å²) in [6.07, 6.45) is 3.60. The van der Waals surface area contributed by atoms with Gasteiger partial charge in [-0.1, -0.05) is 25.1 Å². The second kappa shape index (κ2) is 6.06. The standard InChI is InChI=1S/C17H27NO/c1-5-18-16(17(4)10-6-7-11-19-17)15-9-8-13(2)14(3)12-15/h8-9,12,16,18H,5-7,10-11H2,1-4H3. The van der Waals surface area contributed by atoms with E-state index in [1.807, 2.05) is 0 Å². The number of hydrogen-bond acceptors (Lipinski definition) is 2. The average Bonchev–Trinajstić information content (AvgIpc) is 2.40. The van der Waals surface area contributed by atoms with Crippen molar-refractivity contribution in [2.24, 2.45) is 0 Å². The number of aryl methyl sites for hydroxylation is 2. The largest absolute Gasteiger partial charge is 0.373 e. The maximum Gasteiger partial charge on any atom is 0.0848 e. The number of rotatable bonds is 4. The minimum absolute atomic E-state index is 0.0735. The van der Waals surface area contributed by atoms with Crippen LogP contribution in [0.3, 0.4) is 0 Å². The molecule has 1 aliphatic rings. The maximum atomic E-state index is 6.14. The third kappa shape index (κ3) is 3.18. The molecule has 1 saturated heterocycles. The fourth-order valence-corrected chi connectivity index (χ4v) is 3.02. The third-order valence-electron chi connectivity index (χ3n) is 4.38. The van der Waals surface area contributed by atoms with Crippen LogP contribution in [-0.2, 0) is 4.74 Å². The van der Waals surface area contributed by atoms with Crippen LogP contribution in [0, 0.1) is 13.8 Å². The molecular weight excluding hydrogens is 234 g/mol. The van der Waals surface area contributed by atoms with Gasteiger partial charge in [-0.15, -0.1) is 0 Å². The van der Waals surface area contributed by atoms with Gasteiger partial charge in [0, 0.05) is 6.61 Å². The Kier molecular flexibility index (Phi) is 4.64. The highest BCUT2D eigenvalue weighted by Crippen LogP contribution is 2.37. The lowest BCUT2D eigenvalue weighted by atomic mass is 9.83. The van der Waals surface area contributed by atoms with Crippen LogP contribution >= 0.6 is 0 Å². The monoisotopic (exact) mass is 261 g/mol. The van der Waals surface area contributed by atoms with Crippen molar-refractivity contribution < 1.29 is 4.74 Å². The van der Waals surface area contributed by atoms with Crippen molar-refractivity contribution >= 4 is 0 Å². The topological polar surface area (TPSA) is 21.3 Å². The van der Waals surface area contributed by atoms with E-state index in [0.717, 1.165) is 19.6 Å².